The Balaban J connectivity index is 2.79. The SMILES string of the molecule is CCN1C=C(C(F)(F)F)N(CC)C1. The van der Waals surface area contributed by atoms with Crippen LogP contribution >= 0.6 is 0 Å². The van der Waals surface area contributed by atoms with Crippen LogP contribution in [0.5, 0.6) is 0 Å². The first kappa shape index (κ1) is 10.2. The largest absolute Gasteiger partial charge is 0.432 e. The molecule has 0 unspecified atom stereocenters. The summed E-state index contributed by atoms with van der Waals surface area (Å²) < 4.78 is 37.1. The Hall–Kier alpha value is -0.870. The number of nitrogens with zero attached hydrogens (tertiary/aromatic N) is 2. The molecule has 0 saturated carbocycles. The van der Waals surface area contributed by atoms with Crippen molar-refractivity contribution in [2.75, 3.05) is 19.8 Å². The molecule has 0 aromatic rings. The van der Waals surface area contributed by atoms with Crippen molar-refractivity contribution in [2.45, 2.75) is 20.0 Å². The zero-order valence-electron chi connectivity index (χ0n) is 7.73. The Kier molecular flexibility index (Phi) is 2.73. The first-order valence-electron chi connectivity index (χ1n) is 4.27. The zero-order valence-corrected chi connectivity index (χ0v) is 7.73. The van der Waals surface area contributed by atoms with Gasteiger partial charge < -0.3 is 9.80 Å². The molecule has 13 heavy (non-hydrogen) atoms. The van der Waals surface area contributed by atoms with Gasteiger partial charge in [0, 0.05) is 19.3 Å². The van der Waals surface area contributed by atoms with E-state index in [1.165, 1.54) is 11.1 Å². The monoisotopic (exact) mass is 194 g/mol. The number of hydrogen-bond donors (Lipinski definition) is 0. The molecule has 0 fully saturated rings. The maximum atomic E-state index is 12.4. The lowest BCUT2D eigenvalue weighted by Gasteiger charge is -2.22. The van der Waals surface area contributed by atoms with Gasteiger partial charge in [0.05, 0.1) is 6.67 Å². The van der Waals surface area contributed by atoms with Crippen LogP contribution in [0.3, 0.4) is 0 Å². The van der Waals surface area contributed by atoms with Gasteiger partial charge in [-0.25, -0.2) is 0 Å². The molecule has 76 valence electrons. The molecule has 1 aliphatic heterocycles. The van der Waals surface area contributed by atoms with Crippen molar-refractivity contribution in [3.63, 3.8) is 0 Å². The Morgan fingerprint density at radius 3 is 2.23 bits per heavy atom. The molecule has 0 aromatic heterocycles. The number of allylic oxidation sites excluding steroid dienone is 1. The van der Waals surface area contributed by atoms with Crippen LogP contribution in [0.1, 0.15) is 13.8 Å². The molecule has 0 saturated heterocycles. The number of alkyl halides is 3. The van der Waals surface area contributed by atoms with Crippen LogP contribution in [0, 0.1) is 0 Å². The summed E-state index contributed by atoms with van der Waals surface area (Å²) in [4.78, 5) is 2.97. The minimum atomic E-state index is -4.22. The van der Waals surface area contributed by atoms with Crippen molar-refractivity contribution in [1.29, 1.82) is 0 Å². The van der Waals surface area contributed by atoms with E-state index in [1.807, 2.05) is 6.92 Å². The summed E-state index contributed by atoms with van der Waals surface area (Å²) in [6.07, 6.45) is -3.04. The number of hydrogen-bond acceptors (Lipinski definition) is 2. The van der Waals surface area contributed by atoms with Gasteiger partial charge in [-0.15, -0.1) is 0 Å². The summed E-state index contributed by atoms with van der Waals surface area (Å²) in [6.45, 7) is 4.90. The average molecular weight is 194 g/mol. The Labute approximate surface area is 75.6 Å². The lowest BCUT2D eigenvalue weighted by Crippen LogP contribution is -2.31. The van der Waals surface area contributed by atoms with Gasteiger partial charge in [-0.1, -0.05) is 0 Å². The Bertz CT molecular complexity index is 210. The van der Waals surface area contributed by atoms with E-state index in [1.54, 1.807) is 11.8 Å². The second-order valence-electron chi connectivity index (χ2n) is 2.91. The zero-order chi connectivity index (χ0) is 10.1. The smallest absolute Gasteiger partial charge is 0.358 e. The molecule has 0 amide bonds. The second-order valence-corrected chi connectivity index (χ2v) is 2.91. The standard InChI is InChI=1S/C8H13F3N2/c1-3-12-5-7(8(9,10)11)13(4-2)6-12/h5H,3-4,6H2,1-2H3. The molecule has 0 bridgehead atoms. The minimum absolute atomic E-state index is 0.349. The van der Waals surface area contributed by atoms with E-state index in [9.17, 15) is 13.2 Å². The van der Waals surface area contributed by atoms with E-state index in [0.29, 0.717) is 19.8 Å². The summed E-state index contributed by atoms with van der Waals surface area (Å²) in [5.41, 5.74) is -0.531. The van der Waals surface area contributed by atoms with Crippen molar-refractivity contribution in [1.82, 2.24) is 9.80 Å². The molecular formula is C8H13F3N2. The fraction of sp³-hybridized carbons (Fsp3) is 0.750. The first-order valence-corrected chi connectivity index (χ1v) is 4.27. The average Bonchev–Trinajstić information content (AvgIpc) is 2.46. The molecule has 0 spiro atoms. The van der Waals surface area contributed by atoms with Crippen LogP contribution in [0.15, 0.2) is 11.9 Å². The highest BCUT2D eigenvalue weighted by Gasteiger charge is 2.40. The van der Waals surface area contributed by atoms with Gasteiger partial charge in [0.2, 0.25) is 0 Å². The molecule has 0 atom stereocenters. The maximum Gasteiger partial charge on any atom is 0.432 e. The molecule has 1 aliphatic rings. The van der Waals surface area contributed by atoms with E-state index in [0.717, 1.165) is 0 Å². The van der Waals surface area contributed by atoms with Gasteiger partial charge in [-0.3, -0.25) is 0 Å². The van der Waals surface area contributed by atoms with Crippen LogP contribution < -0.4 is 0 Å². The van der Waals surface area contributed by atoms with Crippen LogP contribution in [0.25, 0.3) is 0 Å². The van der Waals surface area contributed by atoms with Crippen LogP contribution in [-0.4, -0.2) is 35.7 Å². The van der Waals surface area contributed by atoms with Crippen LogP contribution in [0.2, 0.25) is 0 Å². The maximum absolute atomic E-state index is 12.4. The predicted octanol–water partition coefficient (Wildman–Crippen LogP) is 2.00. The van der Waals surface area contributed by atoms with Crippen molar-refractivity contribution in [2.24, 2.45) is 0 Å². The van der Waals surface area contributed by atoms with Crippen LogP contribution in [-0.2, 0) is 0 Å². The fourth-order valence-corrected chi connectivity index (χ4v) is 1.30. The molecule has 0 N–H and O–H groups in total. The Morgan fingerprint density at radius 1 is 1.31 bits per heavy atom. The van der Waals surface area contributed by atoms with Gasteiger partial charge in [-0.05, 0) is 13.8 Å². The highest BCUT2D eigenvalue weighted by Crippen LogP contribution is 2.31. The van der Waals surface area contributed by atoms with E-state index in [2.05, 4.69) is 0 Å². The number of rotatable bonds is 2. The van der Waals surface area contributed by atoms with Gasteiger partial charge in [0.1, 0.15) is 5.70 Å². The molecule has 0 radical (unpaired) electrons. The van der Waals surface area contributed by atoms with Gasteiger partial charge in [0.15, 0.2) is 0 Å². The lowest BCUT2D eigenvalue weighted by molar-refractivity contribution is -0.109. The summed E-state index contributed by atoms with van der Waals surface area (Å²) in [5, 5.41) is 0. The quantitative estimate of drug-likeness (QED) is 0.663. The third kappa shape index (κ3) is 2.08. The fourth-order valence-electron chi connectivity index (χ4n) is 1.30. The van der Waals surface area contributed by atoms with Crippen molar-refractivity contribution >= 4 is 0 Å². The van der Waals surface area contributed by atoms with E-state index in [-0.39, 0.29) is 0 Å². The molecule has 2 nitrogen and oxygen atoms in total. The summed E-state index contributed by atoms with van der Waals surface area (Å²) in [5.74, 6) is 0. The van der Waals surface area contributed by atoms with Crippen LogP contribution in [0.4, 0.5) is 13.2 Å². The van der Waals surface area contributed by atoms with Gasteiger partial charge in [-0.2, -0.15) is 13.2 Å². The van der Waals surface area contributed by atoms with E-state index >= 15 is 0 Å². The van der Waals surface area contributed by atoms with E-state index < -0.39 is 11.9 Å². The Morgan fingerprint density at radius 2 is 1.92 bits per heavy atom. The van der Waals surface area contributed by atoms with Crippen molar-refractivity contribution in [3.05, 3.63) is 11.9 Å². The van der Waals surface area contributed by atoms with E-state index in [4.69, 9.17) is 0 Å². The van der Waals surface area contributed by atoms with Crippen molar-refractivity contribution in [3.8, 4) is 0 Å². The molecule has 5 heteroatoms. The summed E-state index contributed by atoms with van der Waals surface area (Å²) >= 11 is 0. The summed E-state index contributed by atoms with van der Waals surface area (Å²) in [7, 11) is 0. The third-order valence-electron chi connectivity index (χ3n) is 2.08. The summed E-state index contributed by atoms with van der Waals surface area (Å²) in [6, 6.07) is 0. The molecular weight excluding hydrogens is 181 g/mol. The minimum Gasteiger partial charge on any atom is -0.358 e. The molecule has 1 heterocycles. The highest BCUT2D eigenvalue weighted by atomic mass is 19.4. The number of halogens is 3. The van der Waals surface area contributed by atoms with Gasteiger partial charge >= 0.3 is 6.18 Å². The molecule has 0 aromatic carbocycles. The first-order chi connectivity index (χ1) is 5.99. The second kappa shape index (κ2) is 3.47. The predicted molar refractivity (Wildman–Crippen MR) is 43.8 cm³/mol. The highest BCUT2D eigenvalue weighted by molar-refractivity contribution is 5.11. The topological polar surface area (TPSA) is 6.48 Å². The third-order valence-corrected chi connectivity index (χ3v) is 2.08. The normalized spacial score (nSPS) is 18.1. The lowest BCUT2D eigenvalue weighted by atomic mass is 10.4. The molecule has 1 rings (SSSR count). The van der Waals surface area contributed by atoms with Gasteiger partial charge in [0.25, 0.3) is 0 Å². The van der Waals surface area contributed by atoms with Crippen molar-refractivity contribution < 1.29 is 13.2 Å². The molecule has 0 aliphatic carbocycles.